The molecular formula is C21H38IN5OS. The van der Waals surface area contributed by atoms with E-state index >= 15 is 0 Å². The van der Waals surface area contributed by atoms with Crippen molar-refractivity contribution in [3.63, 3.8) is 0 Å². The SMILES string of the molecule is CCNC(=NCc1ccc(N2CCSCC2)cc1)NCCN(C)CCCOC.I. The van der Waals surface area contributed by atoms with Crippen LogP contribution in [0.25, 0.3) is 0 Å². The van der Waals surface area contributed by atoms with Gasteiger partial charge in [0, 0.05) is 70.2 Å². The number of aliphatic imine (C=N–C) groups is 1. The molecule has 0 saturated carbocycles. The first kappa shape index (κ1) is 26.3. The van der Waals surface area contributed by atoms with Gasteiger partial charge in [-0.25, -0.2) is 4.99 Å². The second kappa shape index (κ2) is 16.0. The number of hydrogen-bond donors (Lipinski definition) is 2. The summed E-state index contributed by atoms with van der Waals surface area (Å²) < 4.78 is 5.11. The first-order valence-electron chi connectivity index (χ1n) is 10.3. The van der Waals surface area contributed by atoms with E-state index in [-0.39, 0.29) is 24.0 Å². The van der Waals surface area contributed by atoms with Crippen molar-refractivity contribution in [3.8, 4) is 0 Å². The van der Waals surface area contributed by atoms with Crippen molar-refractivity contribution in [2.75, 3.05) is 76.4 Å². The van der Waals surface area contributed by atoms with Crippen molar-refractivity contribution in [1.82, 2.24) is 15.5 Å². The van der Waals surface area contributed by atoms with E-state index in [0.717, 1.165) is 58.3 Å². The molecule has 0 radical (unpaired) electrons. The van der Waals surface area contributed by atoms with Gasteiger partial charge in [0.25, 0.3) is 0 Å². The minimum atomic E-state index is 0. The van der Waals surface area contributed by atoms with Gasteiger partial charge in [0.2, 0.25) is 0 Å². The summed E-state index contributed by atoms with van der Waals surface area (Å²) in [6.45, 7) is 9.67. The zero-order chi connectivity index (χ0) is 20.0. The number of anilines is 1. The van der Waals surface area contributed by atoms with Gasteiger partial charge in [0.05, 0.1) is 6.54 Å². The number of nitrogens with one attached hydrogen (secondary N) is 2. The molecule has 0 amide bonds. The smallest absolute Gasteiger partial charge is 0.191 e. The van der Waals surface area contributed by atoms with Crippen LogP contribution in [0.1, 0.15) is 18.9 Å². The number of halogens is 1. The highest BCUT2D eigenvalue weighted by atomic mass is 127. The highest BCUT2D eigenvalue weighted by Crippen LogP contribution is 2.20. The lowest BCUT2D eigenvalue weighted by Crippen LogP contribution is -2.41. The second-order valence-corrected chi connectivity index (χ2v) is 8.26. The van der Waals surface area contributed by atoms with Gasteiger partial charge >= 0.3 is 0 Å². The van der Waals surface area contributed by atoms with Gasteiger partial charge in [-0.3, -0.25) is 0 Å². The van der Waals surface area contributed by atoms with Crippen molar-refractivity contribution in [2.24, 2.45) is 4.99 Å². The monoisotopic (exact) mass is 535 g/mol. The maximum Gasteiger partial charge on any atom is 0.191 e. The van der Waals surface area contributed by atoms with Crippen LogP contribution < -0.4 is 15.5 Å². The Hall–Kier alpha value is -0.710. The molecule has 1 fully saturated rings. The predicted octanol–water partition coefficient (Wildman–Crippen LogP) is 2.88. The number of nitrogens with zero attached hydrogens (tertiary/aromatic N) is 3. The van der Waals surface area contributed by atoms with Crippen LogP contribution in [0, 0.1) is 0 Å². The molecule has 8 heteroatoms. The third-order valence-corrected chi connectivity index (χ3v) is 5.69. The van der Waals surface area contributed by atoms with Crippen LogP contribution in [0.2, 0.25) is 0 Å². The van der Waals surface area contributed by atoms with E-state index in [9.17, 15) is 0 Å². The van der Waals surface area contributed by atoms with E-state index in [1.807, 2.05) is 11.8 Å². The highest BCUT2D eigenvalue weighted by molar-refractivity contribution is 14.0. The van der Waals surface area contributed by atoms with Gasteiger partial charge in [0.1, 0.15) is 0 Å². The molecule has 1 heterocycles. The summed E-state index contributed by atoms with van der Waals surface area (Å²) >= 11 is 2.04. The molecule has 6 nitrogen and oxygen atoms in total. The maximum absolute atomic E-state index is 5.11. The first-order chi connectivity index (χ1) is 13.7. The lowest BCUT2D eigenvalue weighted by atomic mass is 10.2. The molecule has 1 aliphatic rings. The van der Waals surface area contributed by atoms with Gasteiger partial charge in [-0.15, -0.1) is 24.0 Å². The van der Waals surface area contributed by atoms with Crippen LogP contribution in [0.3, 0.4) is 0 Å². The van der Waals surface area contributed by atoms with Gasteiger partial charge in [0.15, 0.2) is 5.96 Å². The summed E-state index contributed by atoms with van der Waals surface area (Å²) in [5, 5.41) is 6.76. The van der Waals surface area contributed by atoms with Crippen molar-refractivity contribution in [3.05, 3.63) is 29.8 Å². The zero-order valence-corrected chi connectivity index (χ0v) is 21.3. The molecule has 1 saturated heterocycles. The number of thioether (sulfide) groups is 1. The molecule has 2 N–H and O–H groups in total. The Kier molecular flexibility index (Phi) is 14.6. The van der Waals surface area contributed by atoms with E-state index in [1.165, 1.54) is 22.8 Å². The number of likely N-dealkylation sites (N-methyl/N-ethyl adjacent to an activating group) is 1. The fourth-order valence-electron chi connectivity index (χ4n) is 3.10. The molecule has 0 aliphatic carbocycles. The fraction of sp³-hybridized carbons (Fsp3) is 0.667. The van der Waals surface area contributed by atoms with E-state index in [2.05, 4.69) is 58.7 Å². The third kappa shape index (κ3) is 10.8. The molecule has 2 rings (SSSR count). The molecule has 166 valence electrons. The van der Waals surface area contributed by atoms with E-state index in [0.29, 0.717) is 6.54 Å². The lowest BCUT2D eigenvalue weighted by Gasteiger charge is -2.28. The van der Waals surface area contributed by atoms with Gasteiger partial charge in [-0.05, 0) is 38.1 Å². The van der Waals surface area contributed by atoms with Gasteiger partial charge < -0.3 is 25.2 Å². The Morgan fingerprint density at radius 2 is 1.90 bits per heavy atom. The normalized spacial score (nSPS) is 14.6. The average Bonchev–Trinajstić information content (AvgIpc) is 2.73. The fourth-order valence-corrected chi connectivity index (χ4v) is 4.00. The number of methoxy groups -OCH3 is 1. The summed E-state index contributed by atoms with van der Waals surface area (Å²) in [4.78, 5) is 9.52. The summed E-state index contributed by atoms with van der Waals surface area (Å²) in [5.74, 6) is 3.33. The minimum absolute atomic E-state index is 0. The number of benzene rings is 1. The van der Waals surface area contributed by atoms with Crippen LogP contribution in [0.5, 0.6) is 0 Å². The Balaban J connectivity index is 0.00000420. The van der Waals surface area contributed by atoms with Crippen LogP contribution in [0.15, 0.2) is 29.3 Å². The van der Waals surface area contributed by atoms with Crippen molar-refractivity contribution >= 4 is 47.4 Å². The van der Waals surface area contributed by atoms with Gasteiger partial charge in [-0.1, -0.05) is 12.1 Å². The molecule has 0 aromatic heterocycles. The molecule has 1 aromatic carbocycles. The third-order valence-electron chi connectivity index (χ3n) is 4.75. The van der Waals surface area contributed by atoms with E-state index < -0.39 is 0 Å². The quantitative estimate of drug-likeness (QED) is 0.197. The van der Waals surface area contributed by atoms with E-state index in [4.69, 9.17) is 9.73 Å². The molecule has 0 unspecified atom stereocenters. The largest absolute Gasteiger partial charge is 0.385 e. The number of rotatable bonds is 11. The molecule has 1 aromatic rings. The highest BCUT2D eigenvalue weighted by Gasteiger charge is 2.10. The average molecular weight is 536 g/mol. The Bertz CT molecular complexity index is 567. The van der Waals surface area contributed by atoms with Crippen molar-refractivity contribution < 1.29 is 4.74 Å². The summed E-state index contributed by atoms with van der Waals surface area (Å²) in [6.07, 6.45) is 1.06. The molecule has 0 atom stereocenters. The second-order valence-electron chi connectivity index (χ2n) is 7.04. The zero-order valence-electron chi connectivity index (χ0n) is 18.2. The van der Waals surface area contributed by atoms with Crippen LogP contribution >= 0.6 is 35.7 Å². The van der Waals surface area contributed by atoms with Crippen LogP contribution in [0.4, 0.5) is 5.69 Å². The first-order valence-corrected chi connectivity index (χ1v) is 11.5. The number of guanidine groups is 1. The number of ether oxygens (including phenoxy) is 1. The van der Waals surface area contributed by atoms with Gasteiger partial charge in [-0.2, -0.15) is 11.8 Å². The van der Waals surface area contributed by atoms with E-state index in [1.54, 1.807) is 7.11 Å². The Labute approximate surface area is 198 Å². The summed E-state index contributed by atoms with van der Waals surface area (Å²) in [6, 6.07) is 8.87. The topological polar surface area (TPSA) is 52.1 Å². The maximum atomic E-state index is 5.11. The molecular weight excluding hydrogens is 497 g/mol. The Morgan fingerprint density at radius 3 is 2.55 bits per heavy atom. The van der Waals surface area contributed by atoms with Crippen molar-refractivity contribution in [1.29, 1.82) is 0 Å². The minimum Gasteiger partial charge on any atom is -0.385 e. The summed E-state index contributed by atoms with van der Waals surface area (Å²) in [5.41, 5.74) is 2.57. The molecule has 29 heavy (non-hydrogen) atoms. The van der Waals surface area contributed by atoms with Crippen LogP contribution in [-0.4, -0.2) is 82.4 Å². The number of hydrogen-bond acceptors (Lipinski definition) is 5. The lowest BCUT2D eigenvalue weighted by molar-refractivity contribution is 0.180. The predicted molar refractivity (Wildman–Crippen MR) is 138 cm³/mol. The molecule has 1 aliphatic heterocycles. The molecule has 0 bridgehead atoms. The molecule has 0 spiro atoms. The standard InChI is InChI=1S/C21H37N5OS.HI/c1-4-22-21(23-10-12-25(2)11-5-15-27-3)24-18-19-6-8-20(9-7-19)26-13-16-28-17-14-26;/h6-9H,4-5,10-18H2,1-3H3,(H2,22,23,24);1H. The Morgan fingerprint density at radius 1 is 1.17 bits per heavy atom. The summed E-state index contributed by atoms with van der Waals surface area (Å²) in [7, 11) is 3.89. The van der Waals surface area contributed by atoms with Crippen molar-refractivity contribution in [2.45, 2.75) is 19.9 Å². The van der Waals surface area contributed by atoms with Crippen LogP contribution in [-0.2, 0) is 11.3 Å².